The van der Waals surface area contributed by atoms with Gasteiger partial charge < -0.3 is 19.1 Å². The van der Waals surface area contributed by atoms with Crippen LogP contribution in [0.4, 0.5) is 0 Å². The predicted molar refractivity (Wildman–Crippen MR) is 61.1 cm³/mol. The molecule has 2 rings (SSSR count). The van der Waals surface area contributed by atoms with Gasteiger partial charge >= 0.3 is 0 Å². The second-order valence-electron chi connectivity index (χ2n) is 2.13. The molecule has 0 saturated carbocycles. The summed E-state index contributed by atoms with van der Waals surface area (Å²) in [5, 5.41) is 8.63. The molecule has 0 fully saturated rings. The molecule has 0 bridgehead atoms. The molecule has 0 amide bonds. The molecular weight excluding hydrogens is 208 g/mol. The van der Waals surface area contributed by atoms with E-state index in [4.69, 9.17) is 14.7 Å². The third-order valence-electron chi connectivity index (χ3n) is 1.18. The molecule has 4 nitrogen and oxygen atoms in total. The van der Waals surface area contributed by atoms with E-state index in [1.165, 1.54) is 0 Å². The maximum Gasteiger partial charge on any atom is 0.115 e. The summed E-state index contributed by atoms with van der Waals surface area (Å²) in [6.07, 6.45) is 3.25. The first kappa shape index (κ1) is 16.1. The van der Waals surface area contributed by atoms with Gasteiger partial charge in [-0.1, -0.05) is 18.2 Å². The van der Waals surface area contributed by atoms with Crippen molar-refractivity contribution in [3.63, 3.8) is 0 Å². The first-order valence-electron chi connectivity index (χ1n) is 4.18. The quantitative estimate of drug-likeness (QED) is 0.742. The van der Waals surface area contributed by atoms with Gasteiger partial charge in [0.25, 0.3) is 0 Å². The van der Waals surface area contributed by atoms with Gasteiger partial charge in [0, 0.05) is 0 Å². The molecule has 0 radical (unpaired) electrons. The Balaban J connectivity index is 0. The van der Waals surface area contributed by atoms with Crippen LogP contribution in [0.1, 0.15) is 0 Å². The molecule has 1 N–H and O–H groups in total. The summed E-state index contributed by atoms with van der Waals surface area (Å²) in [7, 11) is 0. The van der Waals surface area contributed by atoms with Crippen molar-refractivity contribution >= 4 is 13.6 Å². The smallest absolute Gasteiger partial charge is 0.115 e. The number of hydrogen-bond acceptors (Lipinski definition) is 4. The molecule has 16 heavy (non-hydrogen) atoms. The molecule has 0 unspecified atom stereocenters. The Morgan fingerprint density at radius 2 is 1.25 bits per heavy atom. The zero-order valence-electron chi connectivity index (χ0n) is 8.78. The Morgan fingerprint density at radius 1 is 0.812 bits per heavy atom. The van der Waals surface area contributed by atoms with Crippen molar-refractivity contribution in [3.05, 3.63) is 55.0 Å². The van der Waals surface area contributed by atoms with Crippen LogP contribution in [0.15, 0.2) is 59.4 Å². The van der Waals surface area contributed by atoms with E-state index in [1.54, 1.807) is 36.8 Å². The number of phenols is 1. The normalized spacial score (nSPS) is 6.75. The standard InChI is InChI=1S/C6H6O.C4H4O.2CH2O/c7-6-4-2-1-3-5-6;1-2-4-5-3-1;2*1-2/h1-5,7H;1-4H;2*1H2. The van der Waals surface area contributed by atoms with Gasteiger partial charge in [-0.25, -0.2) is 0 Å². The molecule has 4 heteroatoms. The van der Waals surface area contributed by atoms with Gasteiger partial charge in [0.05, 0.1) is 12.5 Å². The second kappa shape index (κ2) is 15.1. The average molecular weight is 222 g/mol. The van der Waals surface area contributed by atoms with Gasteiger partial charge in [-0.2, -0.15) is 0 Å². The number of rotatable bonds is 0. The molecule has 2 aromatic rings. The van der Waals surface area contributed by atoms with Crippen molar-refractivity contribution in [1.29, 1.82) is 0 Å². The number of carbonyl (C=O) groups is 2. The summed E-state index contributed by atoms with van der Waals surface area (Å²) < 4.78 is 4.58. The molecule has 0 aliphatic rings. The highest BCUT2D eigenvalue weighted by atomic mass is 16.3. The number of para-hydroxylation sites is 1. The number of carbonyl (C=O) groups excluding carboxylic acids is 2. The van der Waals surface area contributed by atoms with E-state index >= 15 is 0 Å². The zero-order valence-corrected chi connectivity index (χ0v) is 8.78. The summed E-state index contributed by atoms with van der Waals surface area (Å²) in [6.45, 7) is 4.00. The second-order valence-corrected chi connectivity index (χ2v) is 2.13. The van der Waals surface area contributed by atoms with Gasteiger partial charge in [-0.15, -0.1) is 0 Å². The summed E-state index contributed by atoms with van der Waals surface area (Å²) in [5.74, 6) is 0.322. The van der Waals surface area contributed by atoms with E-state index in [-0.39, 0.29) is 0 Å². The van der Waals surface area contributed by atoms with Gasteiger partial charge in [-0.05, 0) is 24.3 Å². The number of benzene rings is 1. The Hall–Kier alpha value is -2.36. The van der Waals surface area contributed by atoms with Crippen molar-refractivity contribution < 1.29 is 19.1 Å². The summed E-state index contributed by atoms with van der Waals surface area (Å²) in [4.78, 5) is 16.0. The maximum atomic E-state index is 8.63. The SMILES string of the molecule is C=O.C=O.Oc1ccccc1.c1ccoc1. The highest BCUT2D eigenvalue weighted by Gasteiger charge is 1.74. The highest BCUT2D eigenvalue weighted by Crippen LogP contribution is 2.02. The van der Waals surface area contributed by atoms with Gasteiger partial charge in [0.2, 0.25) is 0 Å². The van der Waals surface area contributed by atoms with E-state index < -0.39 is 0 Å². The van der Waals surface area contributed by atoms with Crippen molar-refractivity contribution in [3.8, 4) is 5.75 Å². The molecule has 1 aromatic carbocycles. The predicted octanol–water partition coefficient (Wildman–Crippen LogP) is 2.30. The monoisotopic (exact) mass is 222 g/mol. The lowest BCUT2D eigenvalue weighted by molar-refractivity contribution is -0.0987. The van der Waals surface area contributed by atoms with Gasteiger partial charge in [-0.3, -0.25) is 0 Å². The molecule has 1 aromatic heterocycles. The highest BCUT2D eigenvalue weighted by molar-refractivity contribution is 5.18. The number of aromatic hydroxyl groups is 1. The fourth-order valence-electron chi connectivity index (χ4n) is 0.655. The minimum absolute atomic E-state index is 0.322. The molecular formula is C12H14O4. The lowest BCUT2D eigenvalue weighted by atomic mass is 10.3. The minimum Gasteiger partial charge on any atom is -0.508 e. The van der Waals surface area contributed by atoms with Crippen LogP contribution in [0, 0.1) is 0 Å². The van der Waals surface area contributed by atoms with Gasteiger partial charge in [0.15, 0.2) is 0 Å². The fraction of sp³-hybridized carbons (Fsp3) is 0. The third-order valence-corrected chi connectivity index (χ3v) is 1.18. The molecule has 0 spiro atoms. The Labute approximate surface area is 94.1 Å². The van der Waals surface area contributed by atoms with Crippen molar-refractivity contribution in [2.45, 2.75) is 0 Å². The van der Waals surface area contributed by atoms with Crippen LogP contribution >= 0.6 is 0 Å². The van der Waals surface area contributed by atoms with E-state index in [0.717, 1.165) is 0 Å². The van der Waals surface area contributed by atoms with Crippen LogP contribution in [0.3, 0.4) is 0 Å². The van der Waals surface area contributed by atoms with E-state index in [2.05, 4.69) is 4.42 Å². The van der Waals surface area contributed by atoms with Crippen LogP contribution < -0.4 is 0 Å². The summed E-state index contributed by atoms with van der Waals surface area (Å²) in [6, 6.07) is 12.4. The number of furan rings is 1. The topological polar surface area (TPSA) is 67.5 Å². The fourth-order valence-corrected chi connectivity index (χ4v) is 0.655. The molecule has 0 aliphatic heterocycles. The lowest BCUT2D eigenvalue weighted by Crippen LogP contribution is -1.56. The number of hydrogen-bond donors (Lipinski definition) is 1. The molecule has 0 atom stereocenters. The first-order valence-corrected chi connectivity index (χ1v) is 4.18. The van der Waals surface area contributed by atoms with Gasteiger partial charge in [0.1, 0.15) is 19.3 Å². The first-order chi connectivity index (χ1) is 7.89. The molecule has 1 heterocycles. The van der Waals surface area contributed by atoms with E-state index in [1.807, 2.05) is 31.8 Å². The number of phenolic OH excluding ortho intramolecular Hbond substituents is 1. The summed E-state index contributed by atoms with van der Waals surface area (Å²) in [5.41, 5.74) is 0. The Bertz CT molecular complexity index is 286. The van der Waals surface area contributed by atoms with E-state index in [0.29, 0.717) is 5.75 Å². The Kier molecular flexibility index (Phi) is 15.2. The summed E-state index contributed by atoms with van der Waals surface area (Å²) >= 11 is 0. The van der Waals surface area contributed by atoms with Crippen molar-refractivity contribution in [2.24, 2.45) is 0 Å². The van der Waals surface area contributed by atoms with Crippen LogP contribution in [0.2, 0.25) is 0 Å². The minimum atomic E-state index is 0.322. The lowest BCUT2D eigenvalue weighted by Gasteiger charge is -1.82. The van der Waals surface area contributed by atoms with Crippen LogP contribution in [-0.4, -0.2) is 18.7 Å². The molecule has 0 aliphatic carbocycles. The third kappa shape index (κ3) is 11.6. The van der Waals surface area contributed by atoms with Crippen LogP contribution in [-0.2, 0) is 9.59 Å². The van der Waals surface area contributed by atoms with Crippen LogP contribution in [0.25, 0.3) is 0 Å². The van der Waals surface area contributed by atoms with Crippen molar-refractivity contribution in [2.75, 3.05) is 0 Å². The molecule has 0 saturated heterocycles. The van der Waals surface area contributed by atoms with E-state index in [9.17, 15) is 0 Å². The van der Waals surface area contributed by atoms with Crippen molar-refractivity contribution in [1.82, 2.24) is 0 Å². The van der Waals surface area contributed by atoms with Crippen LogP contribution in [0.5, 0.6) is 5.75 Å². The average Bonchev–Trinajstić information content (AvgIpc) is 2.94. The zero-order chi connectivity index (χ0) is 12.6. The molecule has 86 valence electrons. The largest absolute Gasteiger partial charge is 0.508 e. The Morgan fingerprint density at radius 3 is 1.44 bits per heavy atom. The maximum absolute atomic E-state index is 8.63.